The Morgan fingerprint density at radius 1 is 1.00 bits per heavy atom. The Morgan fingerprint density at radius 2 is 1.90 bits per heavy atom. The molecule has 6 nitrogen and oxygen atoms in total. The summed E-state index contributed by atoms with van der Waals surface area (Å²) in [6.45, 7) is 0. The molecular formula is C23H16IN5OS. The summed E-state index contributed by atoms with van der Waals surface area (Å²) in [6, 6.07) is 14.1. The van der Waals surface area contributed by atoms with Gasteiger partial charge in [0.2, 0.25) is 0 Å². The van der Waals surface area contributed by atoms with Gasteiger partial charge < -0.3 is 5.32 Å². The number of carbonyl (C=O) groups excluding carboxylic acids is 1. The Labute approximate surface area is 194 Å². The summed E-state index contributed by atoms with van der Waals surface area (Å²) >= 11 is 2.23. The van der Waals surface area contributed by atoms with Crippen molar-refractivity contribution in [2.75, 3.05) is 7.05 Å². The molecule has 1 aromatic carbocycles. The van der Waals surface area contributed by atoms with Crippen LogP contribution in [0.15, 0.2) is 73.4 Å². The van der Waals surface area contributed by atoms with Gasteiger partial charge in [-0.1, -0.05) is 12.1 Å². The molecule has 0 aliphatic carbocycles. The van der Waals surface area contributed by atoms with Crippen molar-refractivity contribution in [3.05, 3.63) is 79.0 Å². The van der Waals surface area contributed by atoms with E-state index in [1.807, 2.05) is 46.7 Å². The van der Waals surface area contributed by atoms with Gasteiger partial charge in [0.05, 0.1) is 11.1 Å². The normalized spacial score (nSPS) is 11.2. The summed E-state index contributed by atoms with van der Waals surface area (Å²) in [4.78, 5) is 25.5. The van der Waals surface area contributed by atoms with E-state index in [9.17, 15) is 4.79 Å². The fourth-order valence-electron chi connectivity index (χ4n) is 3.72. The molecule has 0 unspecified atom stereocenters. The van der Waals surface area contributed by atoms with Crippen LogP contribution in [0.3, 0.4) is 0 Å². The summed E-state index contributed by atoms with van der Waals surface area (Å²) in [6.07, 6.45) is 9.12. The van der Waals surface area contributed by atoms with Crippen LogP contribution in [0, 0.1) is 0 Å². The Kier molecular flexibility index (Phi) is 5.33. The zero-order valence-electron chi connectivity index (χ0n) is 16.4. The zero-order chi connectivity index (χ0) is 21.4. The molecular weight excluding hydrogens is 521 g/mol. The van der Waals surface area contributed by atoms with Crippen LogP contribution >= 0.6 is 30.3 Å². The van der Waals surface area contributed by atoms with Crippen molar-refractivity contribution in [3.8, 4) is 22.3 Å². The number of nitrogens with zero attached hydrogens (tertiary/aromatic N) is 4. The van der Waals surface area contributed by atoms with Gasteiger partial charge in [0, 0.05) is 90.3 Å². The number of aromatic nitrogens is 4. The number of benzene rings is 1. The van der Waals surface area contributed by atoms with Crippen molar-refractivity contribution in [2.45, 2.75) is 0 Å². The summed E-state index contributed by atoms with van der Waals surface area (Å²) in [5.74, 6) is -0.156. The molecule has 4 heterocycles. The van der Waals surface area contributed by atoms with E-state index in [1.54, 1.807) is 28.6 Å². The van der Waals surface area contributed by atoms with Gasteiger partial charge >= 0.3 is 0 Å². The van der Waals surface area contributed by atoms with Crippen molar-refractivity contribution in [2.24, 2.45) is 0 Å². The van der Waals surface area contributed by atoms with E-state index < -0.39 is 0 Å². The second-order valence-corrected chi connectivity index (χ2v) is 8.66. The number of hydrogen-bond acceptors (Lipinski definition) is 5. The first kappa shape index (κ1) is 20.0. The predicted octanol–water partition coefficient (Wildman–Crippen LogP) is 5.52. The molecule has 152 valence electrons. The molecule has 4 aromatic heterocycles. The number of nitrogens with one attached hydrogen (secondary N) is 1. The van der Waals surface area contributed by atoms with Crippen LogP contribution in [-0.4, -0.2) is 31.9 Å². The fraction of sp³-hybridized carbons (Fsp3) is 0.0435. The minimum Gasteiger partial charge on any atom is -0.355 e. The van der Waals surface area contributed by atoms with Crippen LogP contribution in [0.25, 0.3) is 44.2 Å². The predicted molar refractivity (Wildman–Crippen MR) is 134 cm³/mol. The maximum atomic E-state index is 12.2. The van der Waals surface area contributed by atoms with Crippen LogP contribution in [0.4, 0.5) is 0 Å². The number of pyridine rings is 3. The summed E-state index contributed by atoms with van der Waals surface area (Å²) in [5, 5.41) is 4.64. The molecule has 0 saturated heterocycles. The highest BCUT2D eigenvalue weighted by Crippen LogP contribution is 2.37. The highest BCUT2D eigenvalue weighted by Gasteiger charge is 2.16. The molecule has 0 aliphatic heterocycles. The molecule has 5 aromatic rings. The second kappa shape index (κ2) is 8.27. The van der Waals surface area contributed by atoms with Gasteiger partial charge in [-0.2, -0.15) is 0 Å². The van der Waals surface area contributed by atoms with Crippen molar-refractivity contribution in [1.29, 1.82) is 0 Å². The lowest BCUT2D eigenvalue weighted by atomic mass is 9.98. The number of halogens is 1. The number of fused-ring (bicyclic) bond motifs is 2. The maximum Gasteiger partial charge on any atom is 0.252 e. The fourth-order valence-corrected chi connectivity index (χ4v) is 4.97. The van der Waals surface area contributed by atoms with Crippen LogP contribution in [0.1, 0.15) is 10.4 Å². The van der Waals surface area contributed by atoms with E-state index in [-0.39, 0.29) is 5.91 Å². The Balaban J connectivity index is 1.75. The first-order chi connectivity index (χ1) is 15.2. The van der Waals surface area contributed by atoms with E-state index in [1.165, 1.54) is 0 Å². The quantitative estimate of drug-likeness (QED) is 0.306. The summed E-state index contributed by atoms with van der Waals surface area (Å²) in [5.41, 5.74) is 6.45. The summed E-state index contributed by atoms with van der Waals surface area (Å²) in [7, 11) is 3.16. The van der Waals surface area contributed by atoms with E-state index in [0.29, 0.717) is 5.56 Å². The molecule has 1 N–H and O–H groups in total. The lowest BCUT2D eigenvalue weighted by Crippen LogP contribution is -2.17. The lowest BCUT2D eigenvalue weighted by Gasteiger charge is -2.08. The Morgan fingerprint density at radius 3 is 2.68 bits per heavy atom. The van der Waals surface area contributed by atoms with Gasteiger partial charge in [0.1, 0.15) is 0 Å². The molecule has 0 atom stereocenters. The van der Waals surface area contributed by atoms with Crippen LogP contribution in [0.5, 0.6) is 0 Å². The number of rotatable bonds is 4. The van der Waals surface area contributed by atoms with Gasteiger partial charge in [-0.05, 0) is 41.5 Å². The number of amides is 1. The summed E-state index contributed by atoms with van der Waals surface area (Å²) < 4.78 is 2.01. The molecule has 31 heavy (non-hydrogen) atoms. The van der Waals surface area contributed by atoms with Crippen LogP contribution in [-0.2, 0) is 0 Å². The molecule has 0 saturated carbocycles. The average molecular weight is 537 g/mol. The minimum absolute atomic E-state index is 0.156. The molecule has 0 fully saturated rings. The standard InChI is InChI=1S/C23H16IN5OS/c1-25-23(30)16-10-19-20(13-29(31-24)22(19)28-12-16)14-4-5-21-18(9-14)17(6-8-27-21)15-3-2-7-26-11-15/h2-13H,1H3,(H,25,30). The molecule has 0 aliphatic rings. The van der Waals surface area contributed by atoms with Gasteiger partial charge in [-0.25, -0.2) is 4.98 Å². The molecule has 5 rings (SSSR count). The molecule has 1 amide bonds. The third kappa shape index (κ3) is 3.55. The monoisotopic (exact) mass is 537 g/mol. The third-order valence-corrected chi connectivity index (χ3v) is 6.90. The first-order valence-corrected chi connectivity index (χ1v) is 12.8. The van der Waals surface area contributed by atoms with Crippen molar-refractivity contribution < 1.29 is 4.79 Å². The maximum absolute atomic E-state index is 12.2. The van der Waals surface area contributed by atoms with Gasteiger partial charge in [0.15, 0.2) is 5.65 Å². The third-order valence-electron chi connectivity index (χ3n) is 5.20. The van der Waals surface area contributed by atoms with Gasteiger partial charge in [-0.15, -0.1) is 0 Å². The minimum atomic E-state index is -0.156. The lowest BCUT2D eigenvalue weighted by molar-refractivity contribution is 0.0963. The second-order valence-electron chi connectivity index (χ2n) is 6.94. The largest absolute Gasteiger partial charge is 0.355 e. The van der Waals surface area contributed by atoms with E-state index in [0.717, 1.165) is 44.2 Å². The smallest absolute Gasteiger partial charge is 0.252 e. The highest BCUT2D eigenvalue weighted by molar-refractivity contribution is 14.2. The van der Waals surface area contributed by atoms with Crippen LogP contribution in [0.2, 0.25) is 0 Å². The van der Waals surface area contributed by atoms with Gasteiger partial charge in [-0.3, -0.25) is 18.7 Å². The Hall–Kier alpha value is -2.98. The molecule has 0 spiro atoms. The van der Waals surface area contributed by atoms with E-state index >= 15 is 0 Å². The van der Waals surface area contributed by atoms with E-state index in [4.69, 9.17) is 0 Å². The molecule has 8 heteroatoms. The number of carbonyl (C=O) groups is 1. The molecule has 0 radical (unpaired) electrons. The SMILES string of the molecule is CNC(=O)c1cnc2c(c1)c(-c1ccc3nccc(-c4cccnc4)c3c1)cn2SI. The van der Waals surface area contributed by atoms with Crippen LogP contribution < -0.4 is 5.32 Å². The first-order valence-electron chi connectivity index (χ1n) is 9.51. The van der Waals surface area contributed by atoms with Crippen molar-refractivity contribution >= 4 is 58.2 Å². The number of hydrogen-bond donors (Lipinski definition) is 1. The highest BCUT2D eigenvalue weighted by atomic mass is 127. The van der Waals surface area contributed by atoms with Crippen molar-refractivity contribution in [1.82, 2.24) is 24.2 Å². The Bertz CT molecular complexity index is 1430. The van der Waals surface area contributed by atoms with Crippen molar-refractivity contribution in [3.63, 3.8) is 0 Å². The average Bonchev–Trinajstić information content (AvgIpc) is 3.21. The zero-order valence-corrected chi connectivity index (χ0v) is 19.4. The van der Waals surface area contributed by atoms with Gasteiger partial charge in [0.25, 0.3) is 5.91 Å². The molecule has 0 bridgehead atoms. The van der Waals surface area contributed by atoms with E-state index in [2.05, 4.69) is 59.8 Å². The topological polar surface area (TPSA) is 72.7 Å².